The Morgan fingerprint density at radius 1 is 1.07 bits per heavy atom. The largest absolute Gasteiger partial charge is 0.471 e. The minimum atomic E-state index is -4.02. The number of sulfonamides is 1. The van der Waals surface area contributed by atoms with Gasteiger partial charge in [-0.15, -0.1) is 0 Å². The van der Waals surface area contributed by atoms with E-state index in [4.69, 9.17) is 4.74 Å². The number of allylic oxidation sites excluding steroid dienone is 1. The lowest BCUT2D eigenvalue weighted by Crippen LogP contribution is -2.58. The molecule has 1 saturated heterocycles. The average Bonchev–Trinajstić information content (AvgIpc) is 4.01. The third-order valence-corrected chi connectivity index (χ3v) is 13.0. The first kappa shape index (κ1) is 37.3. The molecule has 2 aliphatic heterocycles. The topological polar surface area (TPSA) is 203 Å². The monoisotopic (exact) mass is 762 g/mol. The number of hydrogen-bond donors (Lipinski definition) is 3. The number of benzene rings is 1. The van der Waals surface area contributed by atoms with Gasteiger partial charge in [0, 0.05) is 18.5 Å². The number of fused-ring (bicyclic) bond motifs is 3. The van der Waals surface area contributed by atoms with Crippen molar-refractivity contribution in [2.45, 2.75) is 107 Å². The molecule has 1 unspecified atom stereocenters. The lowest BCUT2D eigenvalue weighted by Gasteiger charge is -2.30. The summed E-state index contributed by atoms with van der Waals surface area (Å²) in [4.78, 5) is 74.4. The van der Waals surface area contributed by atoms with E-state index < -0.39 is 73.9 Å². The van der Waals surface area contributed by atoms with Crippen LogP contribution in [0.25, 0.3) is 11.0 Å². The van der Waals surface area contributed by atoms with Gasteiger partial charge in [-0.25, -0.2) is 27.8 Å². The van der Waals surface area contributed by atoms with Crippen LogP contribution in [0.15, 0.2) is 42.7 Å². The fourth-order valence-electron chi connectivity index (χ4n) is 7.07. The van der Waals surface area contributed by atoms with E-state index in [2.05, 4.69) is 35.3 Å². The van der Waals surface area contributed by atoms with Crippen LogP contribution in [0, 0.1) is 25.6 Å². The number of aryl methyl sites for hydroxylation is 2. The predicted octanol–water partition coefficient (Wildman–Crippen LogP) is 2.72. The van der Waals surface area contributed by atoms with E-state index in [9.17, 15) is 32.0 Å². The summed E-state index contributed by atoms with van der Waals surface area (Å²) in [5, 5.41) is 5.64. The minimum Gasteiger partial charge on any atom is -0.471 e. The molecule has 15 nitrogen and oxygen atoms in total. The van der Waals surface area contributed by atoms with Crippen molar-refractivity contribution in [2.24, 2.45) is 5.92 Å². The van der Waals surface area contributed by atoms with Crippen molar-refractivity contribution in [1.82, 2.24) is 40.2 Å². The standard InChI is InChI=1S/C37H43FN8O7S/c1-21-18-40-28(19-39-21)31(47)42-27-12-8-6-4-5-7-10-23-17-37(23,35(50)45-54(51,52)36(3)14-15-36)44-32(48)29-16-24(20-46(29)34(27)49)53-33-22(2)41-26-13-9-11-25(38)30(26)43-33/h7,9-11,13,18-19,23-24,27,29H,4-6,8,12,14-17,20H2,1-3H3,(H,42,47)(H,44,48)(H,45,50)/b10-7-/t23?,24-,27+,29+,37-/m1/s1. The van der Waals surface area contributed by atoms with Gasteiger partial charge in [-0.2, -0.15) is 0 Å². The third-order valence-electron chi connectivity index (χ3n) is 10.8. The van der Waals surface area contributed by atoms with Crippen LogP contribution in [0.3, 0.4) is 0 Å². The fraction of sp³-hybridized carbons (Fsp3) is 0.514. The van der Waals surface area contributed by atoms with Crippen LogP contribution in [0.1, 0.15) is 86.6 Å². The number of aromatic nitrogens is 4. The van der Waals surface area contributed by atoms with E-state index in [1.165, 1.54) is 29.4 Å². The van der Waals surface area contributed by atoms with Gasteiger partial charge in [0.2, 0.25) is 27.7 Å². The Hall–Kier alpha value is -5.06. The summed E-state index contributed by atoms with van der Waals surface area (Å²) in [6.45, 7) is 4.84. The Kier molecular flexibility index (Phi) is 9.87. The van der Waals surface area contributed by atoms with Gasteiger partial charge in [0.05, 0.1) is 28.7 Å². The van der Waals surface area contributed by atoms with Crippen molar-refractivity contribution in [3.8, 4) is 5.88 Å². The summed E-state index contributed by atoms with van der Waals surface area (Å²) in [5.41, 5.74) is -0.231. The summed E-state index contributed by atoms with van der Waals surface area (Å²) < 4.78 is 48.3. The van der Waals surface area contributed by atoms with E-state index in [1.807, 2.05) is 12.2 Å². The molecule has 2 saturated carbocycles. The first-order valence-electron chi connectivity index (χ1n) is 18.2. The highest BCUT2D eigenvalue weighted by molar-refractivity contribution is 7.91. The van der Waals surface area contributed by atoms with E-state index >= 15 is 0 Å². The van der Waals surface area contributed by atoms with Crippen LogP contribution in [-0.4, -0.2) is 91.9 Å². The van der Waals surface area contributed by atoms with Crippen LogP contribution in [0.5, 0.6) is 5.88 Å². The van der Waals surface area contributed by atoms with Gasteiger partial charge in [-0.3, -0.25) is 28.9 Å². The molecule has 17 heteroatoms. The van der Waals surface area contributed by atoms with Crippen molar-refractivity contribution in [2.75, 3.05) is 6.54 Å². The van der Waals surface area contributed by atoms with Gasteiger partial charge in [0.1, 0.15) is 40.6 Å². The fourth-order valence-corrected chi connectivity index (χ4v) is 8.39. The van der Waals surface area contributed by atoms with Gasteiger partial charge in [-0.1, -0.05) is 31.1 Å². The maximum Gasteiger partial charge on any atom is 0.272 e. The molecule has 4 aliphatic rings. The highest BCUT2D eigenvalue weighted by atomic mass is 32.2. The molecular weight excluding hydrogens is 720 g/mol. The number of ether oxygens (including phenoxy) is 1. The van der Waals surface area contributed by atoms with Crippen molar-refractivity contribution < 1.29 is 36.7 Å². The number of carbonyl (C=O) groups is 4. The first-order chi connectivity index (χ1) is 25.7. The minimum absolute atomic E-state index is 0.00228. The molecule has 0 spiro atoms. The number of nitrogens with one attached hydrogen (secondary N) is 3. The van der Waals surface area contributed by atoms with Gasteiger partial charge >= 0.3 is 0 Å². The normalized spacial score (nSPS) is 27.4. The van der Waals surface area contributed by atoms with Crippen molar-refractivity contribution >= 4 is 44.7 Å². The second kappa shape index (κ2) is 14.3. The van der Waals surface area contributed by atoms with E-state index in [-0.39, 0.29) is 42.9 Å². The number of rotatable bonds is 7. The smallest absolute Gasteiger partial charge is 0.272 e. The number of carbonyl (C=O) groups excluding carboxylic acids is 4. The summed E-state index contributed by atoms with van der Waals surface area (Å²) >= 11 is 0. The Balaban J connectivity index is 1.20. The number of nitrogens with zero attached hydrogens (tertiary/aromatic N) is 5. The average molecular weight is 763 g/mol. The number of para-hydroxylation sites is 1. The predicted molar refractivity (Wildman–Crippen MR) is 193 cm³/mol. The molecule has 54 heavy (non-hydrogen) atoms. The second-order valence-corrected chi connectivity index (χ2v) is 17.2. The molecule has 4 heterocycles. The van der Waals surface area contributed by atoms with Gasteiger partial charge < -0.3 is 20.3 Å². The van der Waals surface area contributed by atoms with Gasteiger partial charge in [-0.05, 0) is 71.4 Å². The molecule has 0 radical (unpaired) electrons. The summed E-state index contributed by atoms with van der Waals surface area (Å²) in [7, 11) is -4.02. The molecule has 2 aromatic heterocycles. The van der Waals surface area contributed by atoms with E-state index in [1.54, 1.807) is 26.8 Å². The van der Waals surface area contributed by atoms with Crippen LogP contribution in [-0.2, 0) is 24.4 Å². The molecule has 3 N–H and O–H groups in total. The lowest BCUT2D eigenvalue weighted by molar-refractivity contribution is -0.141. The summed E-state index contributed by atoms with van der Waals surface area (Å²) in [6.07, 6.45) is 9.65. The van der Waals surface area contributed by atoms with Crippen LogP contribution >= 0.6 is 0 Å². The number of amides is 4. The Morgan fingerprint density at radius 3 is 2.61 bits per heavy atom. The summed E-state index contributed by atoms with van der Waals surface area (Å²) in [6, 6.07) is 2.15. The molecular formula is C37H43FN8O7S. The first-order valence-corrected chi connectivity index (χ1v) is 19.7. The number of hydrogen-bond acceptors (Lipinski definition) is 11. The highest BCUT2D eigenvalue weighted by Gasteiger charge is 2.63. The second-order valence-electron chi connectivity index (χ2n) is 15.0. The van der Waals surface area contributed by atoms with Crippen molar-refractivity contribution in [3.63, 3.8) is 0 Å². The molecule has 3 fully saturated rings. The Labute approximate surface area is 312 Å². The van der Waals surface area contributed by atoms with Crippen LogP contribution < -0.4 is 20.1 Å². The Bertz CT molecular complexity index is 2150. The lowest BCUT2D eigenvalue weighted by atomic mass is 10.0. The zero-order chi connectivity index (χ0) is 38.4. The van der Waals surface area contributed by atoms with Crippen molar-refractivity contribution in [3.05, 3.63) is 65.6 Å². The van der Waals surface area contributed by atoms with Crippen molar-refractivity contribution in [1.29, 1.82) is 0 Å². The van der Waals surface area contributed by atoms with E-state index in [0.717, 1.165) is 12.8 Å². The number of halogens is 1. The van der Waals surface area contributed by atoms with E-state index in [0.29, 0.717) is 42.6 Å². The van der Waals surface area contributed by atoms with Crippen LogP contribution in [0.2, 0.25) is 0 Å². The molecule has 4 amide bonds. The van der Waals surface area contributed by atoms with Gasteiger partial charge in [0.25, 0.3) is 11.8 Å². The zero-order valence-electron chi connectivity index (χ0n) is 30.3. The zero-order valence-corrected chi connectivity index (χ0v) is 31.1. The quantitative estimate of drug-likeness (QED) is 0.299. The third kappa shape index (κ3) is 7.37. The maximum atomic E-state index is 14.7. The SMILES string of the molecule is Cc1cnc(C(=O)N[C@H]2CCCCC/C=C\C3C[C@@]3(C(=O)NS(=O)(=O)C3(C)CC3)NC(=O)[C@@H]3C[C@@H](Oc4nc5c(F)cccc5nc4C)CN3C2=O)cn1. The Morgan fingerprint density at radius 2 is 1.87 bits per heavy atom. The molecule has 2 aliphatic carbocycles. The molecule has 1 aromatic carbocycles. The molecule has 0 bridgehead atoms. The molecule has 5 atom stereocenters. The highest BCUT2D eigenvalue weighted by Crippen LogP contribution is 2.47. The molecule has 3 aromatic rings. The maximum absolute atomic E-state index is 14.7. The van der Waals surface area contributed by atoms with Gasteiger partial charge in [0.15, 0.2) is 5.82 Å². The molecule has 7 rings (SSSR count). The van der Waals surface area contributed by atoms with Crippen LogP contribution in [0.4, 0.5) is 4.39 Å². The molecule has 286 valence electrons. The summed E-state index contributed by atoms with van der Waals surface area (Å²) in [5.74, 6) is -3.72.